The zero-order chi connectivity index (χ0) is 35.4. The van der Waals surface area contributed by atoms with Crippen molar-refractivity contribution in [3.63, 3.8) is 0 Å². The maximum absolute atomic E-state index is 13.7. The average Bonchev–Trinajstić information content (AvgIpc) is 2.89. The number of hydrogen-bond donors (Lipinski definition) is 10. The Bertz CT molecular complexity index is 1610. The predicted octanol–water partition coefficient (Wildman–Crippen LogP) is -0.966. The molecule has 5 atom stereocenters. The third-order valence-electron chi connectivity index (χ3n) is 8.36. The Balaban J connectivity index is 0.000000376. The molecule has 0 bridgehead atoms. The first-order valence-electron chi connectivity index (χ1n) is 13.2. The summed E-state index contributed by atoms with van der Waals surface area (Å²) in [6, 6.07) is 1.24. The minimum Gasteiger partial charge on any atom is -0.508 e. The van der Waals surface area contributed by atoms with Crippen molar-refractivity contribution in [2.45, 2.75) is 49.0 Å². The van der Waals surface area contributed by atoms with E-state index in [1.165, 1.54) is 38.1 Å². The lowest BCUT2D eigenvalue weighted by Crippen LogP contribution is -2.67. The highest BCUT2D eigenvalue weighted by atomic mass is 35.5. The SMILES string of the molecule is CN(C)[C@@H]1C(=O)C(C(N)=O)=C(O)[C@@]2(O)C(=O)C3=C(O)c4c(O)ccc(Cl)c4[C@@](C)(O)[C@H]3C[C@@H]12.O=C(O)CC(O)(CC(=O)O)C(=O)O. The van der Waals surface area contributed by atoms with Crippen LogP contribution in [0.2, 0.25) is 5.02 Å². The number of Topliss-reactive ketones (excluding diaryl/α,β-unsaturated/α-hetero) is 2. The fourth-order valence-corrected chi connectivity index (χ4v) is 6.64. The summed E-state index contributed by atoms with van der Waals surface area (Å²) in [4.78, 5) is 70.6. The van der Waals surface area contributed by atoms with Gasteiger partial charge in [-0.2, -0.15) is 0 Å². The molecule has 3 aliphatic rings. The van der Waals surface area contributed by atoms with Crippen molar-refractivity contribution >= 4 is 52.7 Å². The highest BCUT2D eigenvalue weighted by Crippen LogP contribution is 2.58. The first-order valence-corrected chi connectivity index (χ1v) is 13.6. The van der Waals surface area contributed by atoms with Crippen LogP contribution in [0.1, 0.15) is 37.3 Å². The fourth-order valence-electron chi connectivity index (χ4n) is 6.29. The van der Waals surface area contributed by atoms with Gasteiger partial charge in [-0.25, -0.2) is 4.79 Å². The number of carbonyl (C=O) groups excluding carboxylic acids is 3. The molecule has 250 valence electrons. The standard InChI is InChI=1S/C22H23ClN2O8.C6H8O7/c1-21(32)7-6-8-15(25(2)3)17(28)13(20(24)31)19(30)22(8,33)18(29)11(7)16(27)12-10(26)5-4-9(23)14(12)21;7-3(8)1-6(13,5(11)12)2-4(9)10/h4-5,7-8,15,26-27,30,32-33H,6H2,1-3H3,(H2,24,31);13H,1-2H2,(H,7,8)(H,9,10)(H,11,12)/t7-,8-,15-,21-,22-;/m0./s1. The summed E-state index contributed by atoms with van der Waals surface area (Å²) in [6.07, 6.45) is -2.55. The first kappa shape index (κ1) is 35.9. The lowest BCUT2D eigenvalue weighted by Gasteiger charge is -2.53. The molecule has 1 aromatic rings. The van der Waals surface area contributed by atoms with Gasteiger partial charge in [-0.15, -0.1) is 0 Å². The van der Waals surface area contributed by atoms with Gasteiger partial charge in [-0.1, -0.05) is 11.6 Å². The number of carbonyl (C=O) groups is 6. The summed E-state index contributed by atoms with van der Waals surface area (Å²) in [5, 5.41) is 89.0. The van der Waals surface area contributed by atoms with Crippen LogP contribution in [0, 0.1) is 11.8 Å². The van der Waals surface area contributed by atoms with Crippen LogP contribution < -0.4 is 5.73 Å². The molecule has 0 aliphatic heterocycles. The summed E-state index contributed by atoms with van der Waals surface area (Å²) in [6.45, 7) is 1.34. The number of phenolic OH excluding ortho intramolecular Hbond substituents is 1. The molecule has 0 heterocycles. The molecule has 18 heteroatoms. The van der Waals surface area contributed by atoms with Crippen molar-refractivity contribution in [2.24, 2.45) is 17.6 Å². The number of aliphatic hydroxyl groups is 5. The van der Waals surface area contributed by atoms with E-state index in [9.17, 15) is 54.3 Å². The number of ketones is 2. The number of nitrogens with zero attached hydrogens (tertiary/aromatic N) is 1. The molecule has 0 saturated heterocycles. The second-order valence-corrected chi connectivity index (χ2v) is 12.0. The number of phenols is 1. The maximum atomic E-state index is 13.7. The normalized spacial score (nSPS) is 27.3. The van der Waals surface area contributed by atoms with E-state index in [4.69, 9.17) is 37.8 Å². The van der Waals surface area contributed by atoms with E-state index in [0.29, 0.717) is 0 Å². The molecule has 1 saturated carbocycles. The van der Waals surface area contributed by atoms with Crippen molar-refractivity contribution in [3.05, 3.63) is 45.2 Å². The van der Waals surface area contributed by atoms with Crippen LogP contribution in [-0.4, -0.2) is 118 Å². The van der Waals surface area contributed by atoms with Crippen LogP contribution >= 0.6 is 11.6 Å². The van der Waals surface area contributed by atoms with Crippen molar-refractivity contribution in [2.75, 3.05) is 14.1 Å². The third-order valence-corrected chi connectivity index (χ3v) is 8.67. The zero-order valence-electron chi connectivity index (χ0n) is 24.4. The Morgan fingerprint density at radius 1 is 1.02 bits per heavy atom. The Morgan fingerprint density at radius 3 is 1.98 bits per heavy atom. The molecular weight excluding hydrogens is 640 g/mol. The highest BCUT2D eigenvalue weighted by Gasteiger charge is 2.66. The largest absolute Gasteiger partial charge is 0.508 e. The molecule has 1 amide bonds. The summed E-state index contributed by atoms with van der Waals surface area (Å²) in [7, 11) is 2.97. The number of aliphatic carboxylic acids is 3. The highest BCUT2D eigenvalue weighted by molar-refractivity contribution is 6.32. The van der Waals surface area contributed by atoms with Gasteiger partial charge in [0.05, 0.1) is 30.0 Å². The number of primary amides is 1. The van der Waals surface area contributed by atoms with Gasteiger partial charge in [0.1, 0.15) is 22.8 Å². The third kappa shape index (κ3) is 5.56. The number of carboxylic acids is 3. The van der Waals surface area contributed by atoms with Gasteiger partial charge in [0.2, 0.25) is 5.78 Å². The van der Waals surface area contributed by atoms with Crippen molar-refractivity contribution in [3.8, 4) is 5.75 Å². The minimum atomic E-state index is -2.78. The molecule has 0 radical (unpaired) electrons. The van der Waals surface area contributed by atoms with Crippen molar-refractivity contribution in [1.82, 2.24) is 4.90 Å². The molecule has 11 N–H and O–H groups in total. The zero-order valence-corrected chi connectivity index (χ0v) is 25.1. The second-order valence-electron chi connectivity index (χ2n) is 11.6. The summed E-state index contributed by atoms with van der Waals surface area (Å²) in [5.74, 6) is -13.3. The quantitative estimate of drug-likeness (QED) is 0.156. The molecule has 3 aliphatic carbocycles. The molecule has 0 unspecified atom stereocenters. The molecule has 1 fully saturated rings. The Labute approximate surface area is 264 Å². The number of aliphatic hydroxyl groups excluding tert-OH is 2. The van der Waals surface area contributed by atoms with Crippen LogP contribution in [0.25, 0.3) is 5.76 Å². The number of benzene rings is 1. The van der Waals surface area contributed by atoms with E-state index < -0.39 is 111 Å². The van der Waals surface area contributed by atoms with E-state index in [1.807, 2.05) is 0 Å². The number of hydrogen-bond acceptors (Lipinski definition) is 13. The molecule has 0 spiro atoms. The Kier molecular flexibility index (Phi) is 9.37. The van der Waals surface area contributed by atoms with Gasteiger partial charge in [0.25, 0.3) is 5.91 Å². The monoisotopic (exact) mass is 670 g/mol. The van der Waals surface area contributed by atoms with Crippen molar-refractivity contribution in [1.29, 1.82) is 0 Å². The van der Waals surface area contributed by atoms with E-state index in [1.54, 1.807) is 0 Å². The van der Waals surface area contributed by atoms with Gasteiger partial charge in [-0.3, -0.25) is 28.9 Å². The van der Waals surface area contributed by atoms with Gasteiger partial charge in [0, 0.05) is 28.0 Å². The summed E-state index contributed by atoms with van der Waals surface area (Å²) in [5.41, 5.74) is -3.84. The number of likely N-dealkylation sites (N-methyl/N-ethyl adjacent to an activating group) is 1. The molecule has 4 rings (SSSR count). The maximum Gasteiger partial charge on any atom is 0.336 e. The molecule has 46 heavy (non-hydrogen) atoms. The smallest absolute Gasteiger partial charge is 0.336 e. The van der Waals surface area contributed by atoms with Crippen LogP contribution in [0.3, 0.4) is 0 Å². The topological polar surface area (TPSA) is 314 Å². The van der Waals surface area contributed by atoms with Gasteiger partial charge in [-0.05, 0) is 39.6 Å². The van der Waals surface area contributed by atoms with E-state index in [-0.39, 0.29) is 22.6 Å². The fraction of sp³-hybridized carbons (Fsp3) is 0.429. The number of aromatic hydroxyl groups is 1. The molecular formula is C28H31ClN2O15. The van der Waals surface area contributed by atoms with Gasteiger partial charge in [0.15, 0.2) is 17.0 Å². The number of nitrogens with two attached hydrogens (primary N) is 1. The molecule has 1 aromatic carbocycles. The molecule has 17 nitrogen and oxygen atoms in total. The number of rotatable bonds is 7. The predicted molar refractivity (Wildman–Crippen MR) is 152 cm³/mol. The average molecular weight is 671 g/mol. The van der Waals surface area contributed by atoms with Crippen LogP contribution in [-0.2, 0) is 34.4 Å². The lowest BCUT2D eigenvalue weighted by molar-refractivity contribution is -0.170. The number of carboxylic acid groups (broad SMARTS) is 3. The molecule has 0 aromatic heterocycles. The number of amides is 1. The summed E-state index contributed by atoms with van der Waals surface area (Å²) >= 11 is 6.28. The van der Waals surface area contributed by atoms with E-state index >= 15 is 0 Å². The van der Waals surface area contributed by atoms with E-state index in [0.717, 1.165) is 0 Å². The van der Waals surface area contributed by atoms with E-state index in [2.05, 4.69) is 0 Å². The lowest BCUT2D eigenvalue weighted by atomic mass is 9.54. The summed E-state index contributed by atoms with van der Waals surface area (Å²) < 4.78 is 0. The second kappa shape index (κ2) is 12.0. The van der Waals surface area contributed by atoms with Crippen LogP contribution in [0.15, 0.2) is 29.0 Å². The van der Waals surface area contributed by atoms with Crippen LogP contribution in [0.5, 0.6) is 5.75 Å². The Morgan fingerprint density at radius 2 is 1.54 bits per heavy atom. The Hall–Kier alpha value is -4.55. The first-order chi connectivity index (χ1) is 21.0. The van der Waals surface area contributed by atoms with Gasteiger partial charge < -0.3 is 51.7 Å². The van der Waals surface area contributed by atoms with Crippen LogP contribution in [0.4, 0.5) is 0 Å². The van der Waals surface area contributed by atoms with Crippen molar-refractivity contribution < 1.29 is 74.7 Å². The number of fused-ring (bicyclic) bond motifs is 3. The minimum absolute atomic E-state index is 0.0187. The number of halogens is 1. The van der Waals surface area contributed by atoms with Gasteiger partial charge >= 0.3 is 17.9 Å².